The third-order valence-corrected chi connectivity index (χ3v) is 5.92. The topological polar surface area (TPSA) is 67.4 Å². The summed E-state index contributed by atoms with van der Waals surface area (Å²) in [5.74, 6) is 0.603. The molecule has 3 aromatic carbocycles. The molecule has 0 saturated carbocycles. The van der Waals surface area contributed by atoms with Crippen LogP contribution < -0.4 is 15.4 Å². The average molecular weight is 455 g/mol. The molecular formula is C29H30N2O3. The number of nitrogens with one attached hydrogen (secondary N) is 2. The smallest absolute Gasteiger partial charge is 0.224 e. The van der Waals surface area contributed by atoms with Crippen LogP contribution in [0.2, 0.25) is 0 Å². The molecule has 0 bridgehead atoms. The number of benzene rings is 3. The van der Waals surface area contributed by atoms with Crippen LogP contribution in [0.1, 0.15) is 47.3 Å². The summed E-state index contributed by atoms with van der Waals surface area (Å²) in [5, 5.41) is 6.40. The number of ketones is 1. The van der Waals surface area contributed by atoms with Gasteiger partial charge >= 0.3 is 0 Å². The highest BCUT2D eigenvalue weighted by molar-refractivity contribution is 6.09. The maximum absolute atomic E-state index is 13.0. The van der Waals surface area contributed by atoms with E-state index in [2.05, 4.69) is 30.5 Å². The van der Waals surface area contributed by atoms with Crippen molar-refractivity contribution < 1.29 is 14.3 Å². The Morgan fingerprint density at radius 3 is 2.47 bits per heavy atom. The minimum Gasteiger partial charge on any atom is -0.497 e. The number of carbonyl (C=O) groups excluding carboxylic acids is 2. The van der Waals surface area contributed by atoms with E-state index >= 15 is 0 Å². The zero-order valence-electron chi connectivity index (χ0n) is 19.9. The predicted octanol–water partition coefficient (Wildman–Crippen LogP) is 5.41. The molecule has 0 unspecified atom stereocenters. The molecule has 1 aliphatic heterocycles. The predicted molar refractivity (Wildman–Crippen MR) is 136 cm³/mol. The third-order valence-electron chi connectivity index (χ3n) is 5.92. The molecule has 2 N–H and O–H groups in total. The molecule has 0 atom stereocenters. The Hall–Kier alpha value is -3.86. The number of rotatable bonds is 7. The third kappa shape index (κ3) is 5.73. The van der Waals surface area contributed by atoms with Crippen molar-refractivity contribution in [3.8, 4) is 5.75 Å². The van der Waals surface area contributed by atoms with Crippen molar-refractivity contribution in [3.05, 3.63) is 101 Å². The number of aryl methyl sites for hydroxylation is 1. The molecule has 3 aromatic rings. The van der Waals surface area contributed by atoms with Crippen molar-refractivity contribution in [1.82, 2.24) is 5.32 Å². The van der Waals surface area contributed by atoms with Gasteiger partial charge in [0, 0.05) is 40.5 Å². The number of allylic oxidation sites excluding steroid dienone is 1. The van der Waals surface area contributed by atoms with Crippen molar-refractivity contribution in [2.75, 3.05) is 12.4 Å². The number of anilines is 1. The van der Waals surface area contributed by atoms with E-state index in [1.807, 2.05) is 42.5 Å². The average Bonchev–Trinajstić information content (AvgIpc) is 2.83. The summed E-state index contributed by atoms with van der Waals surface area (Å²) in [6, 6.07) is 22.9. The second-order valence-electron chi connectivity index (χ2n) is 9.24. The van der Waals surface area contributed by atoms with Gasteiger partial charge in [-0.05, 0) is 74.2 Å². The zero-order valence-corrected chi connectivity index (χ0v) is 19.9. The minimum atomic E-state index is -0.165. The fourth-order valence-corrected chi connectivity index (χ4v) is 4.21. The van der Waals surface area contributed by atoms with Gasteiger partial charge in [-0.3, -0.25) is 9.59 Å². The molecule has 1 aliphatic rings. The molecule has 5 nitrogen and oxygen atoms in total. The number of hydrogen-bond acceptors (Lipinski definition) is 4. The maximum atomic E-state index is 13.0. The van der Waals surface area contributed by atoms with E-state index in [1.165, 1.54) is 5.56 Å². The van der Waals surface area contributed by atoms with Crippen molar-refractivity contribution in [2.24, 2.45) is 0 Å². The van der Waals surface area contributed by atoms with Gasteiger partial charge in [0.25, 0.3) is 0 Å². The van der Waals surface area contributed by atoms with Crippen LogP contribution in [0.4, 0.5) is 5.69 Å². The molecule has 4 rings (SSSR count). The van der Waals surface area contributed by atoms with E-state index in [-0.39, 0.29) is 17.2 Å². The number of ether oxygens (including phenoxy) is 1. The number of fused-ring (bicyclic) bond motifs is 1. The van der Waals surface area contributed by atoms with Crippen molar-refractivity contribution in [3.63, 3.8) is 0 Å². The quantitative estimate of drug-likeness (QED) is 0.370. The summed E-state index contributed by atoms with van der Waals surface area (Å²) < 4.78 is 5.38. The summed E-state index contributed by atoms with van der Waals surface area (Å²) in [6.07, 6.45) is 3.59. The van der Waals surface area contributed by atoms with Gasteiger partial charge in [0.2, 0.25) is 5.91 Å². The summed E-state index contributed by atoms with van der Waals surface area (Å²) >= 11 is 0. The van der Waals surface area contributed by atoms with E-state index in [0.717, 1.165) is 29.0 Å². The van der Waals surface area contributed by atoms with E-state index in [9.17, 15) is 9.59 Å². The summed E-state index contributed by atoms with van der Waals surface area (Å²) in [7, 11) is 1.64. The van der Waals surface area contributed by atoms with Crippen LogP contribution in [-0.2, 0) is 17.6 Å². The first kappa shape index (κ1) is 23.3. The first-order valence-corrected chi connectivity index (χ1v) is 11.5. The van der Waals surface area contributed by atoms with Crippen LogP contribution in [0.3, 0.4) is 0 Å². The van der Waals surface area contributed by atoms with Gasteiger partial charge < -0.3 is 15.4 Å². The Bertz CT molecular complexity index is 1210. The molecule has 0 spiro atoms. The summed E-state index contributed by atoms with van der Waals surface area (Å²) in [5.41, 5.74) is 5.14. The van der Waals surface area contributed by atoms with Gasteiger partial charge in [0.1, 0.15) is 5.75 Å². The lowest BCUT2D eigenvalue weighted by molar-refractivity contribution is -0.116. The second kappa shape index (κ2) is 9.96. The van der Waals surface area contributed by atoms with Crippen LogP contribution in [0.25, 0.3) is 5.70 Å². The first-order valence-electron chi connectivity index (χ1n) is 11.5. The number of carbonyl (C=O) groups is 2. The molecule has 0 aromatic heterocycles. The Morgan fingerprint density at radius 1 is 1.03 bits per heavy atom. The van der Waals surface area contributed by atoms with Crippen LogP contribution >= 0.6 is 0 Å². The lowest BCUT2D eigenvalue weighted by atomic mass is 9.85. The molecule has 0 fully saturated rings. The largest absolute Gasteiger partial charge is 0.497 e. The van der Waals surface area contributed by atoms with Crippen molar-refractivity contribution in [2.45, 2.75) is 38.6 Å². The van der Waals surface area contributed by atoms with Gasteiger partial charge in [-0.2, -0.15) is 0 Å². The van der Waals surface area contributed by atoms with Gasteiger partial charge in [-0.25, -0.2) is 0 Å². The Kier molecular flexibility index (Phi) is 6.82. The molecule has 0 aliphatic carbocycles. The molecular weight excluding hydrogens is 424 g/mol. The Balaban J connectivity index is 1.45. The number of amides is 1. The summed E-state index contributed by atoms with van der Waals surface area (Å²) in [6.45, 7) is 4.24. The van der Waals surface area contributed by atoms with Gasteiger partial charge in [0.05, 0.1) is 7.11 Å². The van der Waals surface area contributed by atoms with E-state index < -0.39 is 0 Å². The first-order chi connectivity index (χ1) is 16.3. The molecule has 0 radical (unpaired) electrons. The molecule has 1 amide bonds. The lowest BCUT2D eigenvalue weighted by Gasteiger charge is -2.35. The van der Waals surface area contributed by atoms with Gasteiger partial charge in [0.15, 0.2) is 5.78 Å². The van der Waals surface area contributed by atoms with E-state index in [1.54, 1.807) is 37.5 Å². The minimum absolute atomic E-state index is 0.0516. The normalized spacial score (nSPS) is 15.2. The van der Waals surface area contributed by atoms with Crippen LogP contribution in [-0.4, -0.2) is 24.3 Å². The zero-order chi connectivity index (χ0) is 24.1. The second-order valence-corrected chi connectivity index (χ2v) is 9.24. The van der Waals surface area contributed by atoms with Crippen LogP contribution in [0, 0.1) is 0 Å². The highest BCUT2D eigenvalue weighted by Crippen LogP contribution is 2.32. The highest BCUT2D eigenvalue weighted by Gasteiger charge is 2.28. The SMILES string of the molecule is COc1ccc2c(c1)C(=CC(=O)c1ccc(NC(=O)CCc3ccccc3)cc1)NC(C)(C)C2. The van der Waals surface area contributed by atoms with E-state index in [4.69, 9.17) is 4.74 Å². The summed E-state index contributed by atoms with van der Waals surface area (Å²) in [4.78, 5) is 25.3. The Labute approximate surface area is 200 Å². The van der Waals surface area contributed by atoms with E-state index in [0.29, 0.717) is 24.1 Å². The molecule has 1 heterocycles. The fraction of sp³-hybridized carbons (Fsp3) is 0.241. The fourth-order valence-electron chi connectivity index (χ4n) is 4.21. The maximum Gasteiger partial charge on any atom is 0.224 e. The number of hydrogen-bond donors (Lipinski definition) is 2. The molecule has 34 heavy (non-hydrogen) atoms. The molecule has 174 valence electrons. The van der Waals surface area contributed by atoms with Gasteiger partial charge in [-0.1, -0.05) is 36.4 Å². The highest BCUT2D eigenvalue weighted by atomic mass is 16.5. The lowest BCUT2D eigenvalue weighted by Crippen LogP contribution is -2.43. The van der Waals surface area contributed by atoms with Gasteiger partial charge in [-0.15, -0.1) is 0 Å². The van der Waals surface area contributed by atoms with Crippen LogP contribution in [0.5, 0.6) is 5.75 Å². The monoisotopic (exact) mass is 454 g/mol. The Morgan fingerprint density at radius 2 is 1.76 bits per heavy atom. The molecule has 0 saturated heterocycles. The molecule has 5 heteroatoms. The number of methoxy groups -OCH3 is 1. The standard InChI is InChI=1S/C29H30N2O3/c1-29(2)19-22-12-15-24(34-3)17-25(22)26(31-29)18-27(32)21-10-13-23(14-11-21)30-28(33)16-9-20-7-5-4-6-8-20/h4-8,10-15,17-18,31H,9,16,19H2,1-3H3,(H,30,33). The van der Waals surface area contributed by atoms with Crippen molar-refractivity contribution >= 4 is 23.1 Å². The van der Waals surface area contributed by atoms with Crippen LogP contribution in [0.15, 0.2) is 78.9 Å². The van der Waals surface area contributed by atoms with Crippen molar-refractivity contribution in [1.29, 1.82) is 0 Å².